The van der Waals surface area contributed by atoms with Crippen molar-refractivity contribution in [3.05, 3.63) is 71.2 Å². The predicted molar refractivity (Wildman–Crippen MR) is 145 cm³/mol. The molecule has 0 fully saturated rings. The Kier molecular flexibility index (Phi) is 5.52. The van der Waals surface area contributed by atoms with E-state index in [1.165, 1.54) is 0 Å². The molecule has 0 atom stereocenters. The van der Waals surface area contributed by atoms with Gasteiger partial charge in [-0.1, -0.05) is 12.1 Å². The summed E-state index contributed by atoms with van der Waals surface area (Å²) in [6, 6.07) is 11.4. The van der Waals surface area contributed by atoms with E-state index in [9.17, 15) is 4.79 Å². The van der Waals surface area contributed by atoms with E-state index >= 15 is 0 Å². The number of aromatic amines is 1. The lowest BCUT2D eigenvalue weighted by atomic mass is 10.1. The maximum Gasteiger partial charge on any atom is 0.259 e. The average molecular weight is 510 g/mol. The van der Waals surface area contributed by atoms with E-state index in [1.54, 1.807) is 42.1 Å². The number of aryl methyl sites for hydroxylation is 3. The van der Waals surface area contributed by atoms with Crippen LogP contribution < -0.4 is 19.7 Å². The molecule has 5 aromatic rings. The van der Waals surface area contributed by atoms with Gasteiger partial charge in [-0.3, -0.25) is 9.48 Å². The summed E-state index contributed by atoms with van der Waals surface area (Å²) in [7, 11) is 5.07. The van der Waals surface area contributed by atoms with Gasteiger partial charge in [-0.2, -0.15) is 5.10 Å². The second kappa shape index (κ2) is 8.91. The Morgan fingerprint density at radius 1 is 1.08 bits per heavy atom. The van der Waals surface area contributed by atoms with Crippen molar-refractivity contribution in [1.82, 2.24) is 24.7 Å². The van der Waals surface area contributed by atoms with Gasteiger partial charge >= 0.3 is 0 Å². The average Bonchev–Trinajstić information content (AvgIpc) is 3.59. The fourth-order valence-corrected chi connectivity index (χ4v) is 4.91. The van der Waals surface area contributed by atoms with Crippen LogP contribution in [0.25, 0.3) is 22.2 Å². The molecule has 3 aromatic heterocycles. The number of para-hydroxylation sites is 1. The molecule has 192 valence electrons. The molecule has 0 spiro atoms. The van der Waals surface area contributed by atoms with Crippen LogP contribution in [0, 0.1) is 13.8 Å². The van der Waals surface area contributed by atoms with Crippen molar-refractivity contribution in [3.8, 4) is 22.8 Å². The van der Waals surface area contributed by atoms with Gasteiger partial charge in [0.15, 0.2) is 5.82 Å². The predicted octanol–water partition coefficient (Wildman–Crippen LogP) is 4.90. The van der Waals surface area contributed by atoms with Crippen molar-refractivity contribution in [2.75, 3.05) is 24.4 Å². The van der Waals surface area contributed by atoms with Crippen molar-refractivity contribution >= 4 is 34.3 Å². The molecule has 10 heteroatoms. The van der Waals surface area contributed by atoms with E-state index in [-0.39, 0.29) is 5.91 Å². The number of ether oxygens (including phenoxy) is 2. The Morgan fingerprint density at radius 2 is 1.92 bits per heavy atom. The molecular weight excluding hydrogens is 482 g/mol. The first kappa shape index (κ1) is 23.5. The second-order valence-corrected chi connectivity index (χ2v) is 9.29. The molecule has 0 radical (unpaired) electrons. The third-order valence-corrected chi connectivity index (χ3v) is 6.99. The summed E-state index contributed by atoms with van der Waals surface area (Å²) in [5.74, 6) is 2.26. The number of benzene rings is 2. The molecule has 4 heterocycles. The molecule has 0 aliphatic carbocycles. The standard InChI is InChI=1S/C28H27N7O3/c1-15-12-30-28(31-24-9-16(2)34(3)33-24)32-25(15)20-13-29-26-18(20)7-6-8-22(26)35-14-21-19(27(35)36)10-17(37-4)11-23(21)38-5/h6-13,29H,14H2,1-5H3,(H,30,31,32,33). The SMILES string of the molecule is COc1cc(OC)c2c(c1)C(=O)N(c1cccc3c(-c4nc(Nc5cc(C)n(C)n5)ncc4C)c[nH]c13)C2. The van der Waals surface area contributed by atoms with Gasteiger partial charge in [0.1, 0.15) is 11.5 Å². The normalized spacial score (nSPS) is 12.8. The van der Waals surface area contributed by atoms with E-state index in [0.717, 1.165) is 44.7 Å². The number of hydrogen-bond acceptors (Lipinski definition) is 7. The van der Waals surface area contributed by atoms with Crippen molar-refractivity contribution in [2.24, 2.45) is 7.05 Å². The number of nitrogens with zero attached hydrogens (tertiary/aromatic N) is 5. The highest BCUT2D eigenvalue weighted by Gasteiger charge is 2.33. The van der Waals surface area contributed by atoms with Gasteiger partial charge in [0.2, 0.25) is 5.95 Å². The quantitative estimate of drug-likeness (QED) is 0.335. The highest BCUT2D eigenvalue weighted by molar-refractivity contribution is 6.15. The van der Waals surface area contributed by atoms with Crippen molar-refractivity contribution in [1.29, 1.82) is 0 Å². The first-order valence-electron chi connectivity index (χ1n) is 12.2. The maximum atomic E-state index is 13.5. The Labute approximate surface area is 219 Å². The smallest absolute Gasteiger partial charge is 0.259 e. The zero-order valence-corrected chi connectivity index (χ0v) is 21.8. The highest BCUT2D eigenvalue weighted by Crippen LogP contribution is 2.41. The summed E-state index contributed by atoms with van der Waals surface area (Å²) in [5, 5.41) is 8.59. The molecule has 1 amide bonds. The van der Waals surface area contributed by atoms with Gasteiger partial charge in [-0.25, -0.2) is 9.97 Å². The minimum absolute atomic E-state index is 0.101. The van der Waals surface area contributed by atoms with Crippen molar-refractivity contribution in [3.63, 3.8) is 0 Å². The van der Waals surface area contributed by atoms with Crippen LogP contribution in [0.2, 0.25) is 0 Å². The third kappa shape index (κ3) is 3.73. The second-order valence-electron chi connectivity index (χ2n) is 9.29. The zero-order valence-electron chi connectivity index (χ0n) is 21.8. The number of methoxy groups -OCH3 is 2. The van der Waals surface area contributed by atoms with Crippen LogP contribution in [0.15, 0.2) is 48.8 Å². The number of fused-ring (bicyclic) bond motifs is 2. The van der Waals surface area contributed by atoms with Crippen LogP contribution in [-0.4, -0.2) is 44.9 Å². The molecule has 2 N–H and O–H groups in total. The highest BCUT2D eigenvalue weighted by atomic mass is 16.5. The van der Waals surface area contributed by atoms with Gasteiger partial charge in [0.05, 0.1) is 43.2 Å². The number of carbonyl (C=O) groups is 1. The van der Waals surface area contributed by atoms with E-state index in [2.05, 4.69) is 20.4 Å². The molecule has 1 aliphatic heterocycles. The van der Waals surface area contributed by atoms with Crippen molar-refractivity contribution < 1.29 is 14.3 Å². The lowest BCUT2D eigenvalue weighted by Gasteiger charge is -2.17. The molecule has 1 aliphatic rings. The van der Waals surface area contributed by atoms with Gasteiger partial charge < -0.3 is 24.7 Å². The molecule has 6 rings (SSSR count). The zero-order chi connectivity index (χ0) is 26.6. The number of aromatic nitrogens is 5. The topological polar surface area (TPSA) is 110 Å². The Morgan fingerprint density at radius 3 is 2.66 bits per heavy atom. The lowest BCUT2D eigenvalue weighted by Crippen LogP contribution is -2.23. The van der Waals surface area contributed by atoms with Crippen LogP contribution in [0.3, 0.4) is 0 Å². The number of rotatable bonds is 6. The molecule has 0 saturated heterocycles. The number of anilines is 3. The van der Waals surface area contributed by atoms with Crippen LogP contribution >= 0.6 is 0 Å². The summed E-state index contributed by atoms with van der Waals surface area (Å²) < 4.78 is 12.7. The number of H-pyrrole nitrogens is 1. The van der Waals surface area contributed by atoms with Crippen LogP contribution in [0.1, 0.15) is 27.2 Å². The Balaban J connectivity index is 1.39. The first-order chi connectivity index (χ1) is 18.4. The maximum absolute atomic E-state index is 13.5. The summed E-state index contributed by atoms with van der Waals surface area (Å²) >= 11 is 0. The minimum Gasteiger partial charge on any atom is -0.497 e. The van der Waals surface area contributed by atoms with Crippen LogP contribution in [-0.2, 0) is 13.6 Å². The lowest BCUT2D eigenvalue weighted by molar-refractivity contribution is 0.0996. The number of carbonyl (C=O) groups excluding carboxylic acids is 1. The monoisotopic (exact) mass is 509 g/mol. The number of hydrogen-bond donors (Lipinski definition) is 2. The van der Waals surface area contributed by atoms with Crippen LogP contribution in [0.5, 0.6) is 11.5 Å². The largest absolute Gasteiger partial charge is 0.497 e. The summed E-state index contributed by atoms with van der Waals surface area (Å²) in [6.45, 7) is 4.37. The summed E-state index contributed by atoms with van der Waals surface area (Å²) in [4.78, 5) is 27.9. The molecule has 10 nitrogen and oxygen atoms in total. The van der Waals surface area contributed by atoms with E-state index in [0.29, 0.717) is 35.4 Å². The van der Waals surface area contributed by atoms with E-state index in [1.807, 2.05) is 51.4 Å². The molecule has 0 unspecified atom stereocenters. The van der Waals surface area contributed by atoms with Crippen molar-refractivity contribution in [2.45, 2.75) is 20.4 Å². The minimum atomic E-state index is -0.101. The Hall–Kier alpha value is -4.86. The molecule has 0 saturated carbocycles. The molecule has 38 heavy (non-hydrogen) atoms. The third-order valence-electron chi connectivity index (χ3n) is 6.99. The van der Waals surface area contributed by atoms with Crippen LogP contribution in [0.4, 0.5) is 17.5 Å². The molecular formula is C28H27N7O3. The molecule has 0 bridgehead atoms. The van der Waals surface area contributed by atoms with E-state index < -0.39 is 0 Å². The van der Waals surface area contributed by atoms with Gasteiger partial charge in [-0.15, -0.1) is 0 Å². The van der Waals surface area contributed by atoms with E-state index in [4.69, 9.17) is 14.5 Å². The first-order valence-corrected chi connectivity index (χ1v) is 12.2. The fourth-order valence-electron chi connectivity index (χ4n) is 4.91. The van der Waals surface area contributed by atoms with Gasteiger partial charge in [-0.05, 0) is 31.5 Å². The Bertz CT molecular complexity index is 1700. The fraction of sp³-hybridized carbons (Fsp3) is 0.214. The number of amides is 1. The number of nitrogens with one attached hydrogen (secondary N) is 2. The summed E-state index contributed by atoms with van der Waals surface area (Å²) in [5.41, 5.74) is 6.73. The summed E-state index contributed by atoms with van der Waals surface area (Å²) in [6.07, 6.45) is 3.72. The van der Waals surface area contributed by atoms with Gasteiger partial charge in [0.25, 0.3) is 5.91 Å². The molecule has 2 aromatic carbocycles. The van der Waals surface area contributed by atoms with Gasteiger partial charge in [0, 0.05) is 53.8 Å².